The minimum absolute atomic E-state index is 0.663. The zero-order valence-corrected chi connectivity index (χ0v) is 15.2. The third-order valence-electron chi connectivity index (χ3n) is 3.27. The van der Waals surface area contributed by atoms with E-state index in [-0.39, 0.29) is 0 Å². The Kier molecular flexibility index (Phi) is 5.47. The lowest BCUT2D eigenvalue weighted by atomic mass is 10.2. The van der Waals surface area contributed by atoms with Gasteiger partial charge in [0.05, 0.1) is 17.1 Å². The van der Waals surface area contributed by atoms with Crippen LogP contribution in [0.3, 0.4) is 0 Å². The van der Waals surface area contributed by atoms with E-state index < -0.39 is 0 Å². The molecule has 0 aliphatic carbocycles. The van der Waals surface area contributed by atoms with Crippen molar-refractivity contribution in [3.05, 3.63) is 65.1 Å². The molecule has 8 heteroatoms. The number of hydrogen-bond acceptors (Lipinski definition) is 7. The van der Waals surface area contributed by atoms with E-state index in [1.54, 1.807) is 24.5 Å². The molecule has 0 fully saturated rings. The molecule has 1 N–H and O–H groups in total. The Hall–Kier alpha value is -2.64. The third kappa shape index (κ3) is 4.68. The lowest BCUT2D eigenvalue weighted by molar-refractivity contribution is 1.18. The van der Waals surface area contributed by atoms with Gasteiger partial charge in [0.15, 0.2) is 5.00 Å². The summed E-state index contributed by atoms with van der Waals surface area (Å²) in [4.78, 5) is 8.41. The van der Waals surface area contributed by atoms with Gasteiger partial charge in [-0.15, -0.1) is 10.2 Å². The SMILES string of the molecule is C/C(=N\Nc1nc(C)c(N=Nc2ccc(Cl)cc2)s1)c1ccncc1. The first-order chi connectivity index (χ1) is 12.1. The summed E-state index contributed by atoms with van der Waals surface area (Å²) >= 11 is 7.25. The van der Waals surface area contributed by atoms with E-state index in [4.69, 9.17) is 11.6 Å². The quantitative estimate of drug-likeness (QED) is 0.353. The highest BCUT2D eigenvalue weighted by molar-refractivity contribution is 7.19. The van der Waals surface area contributed by atoms with Gasteiger partial charge in [-0.05, 0) is 50.2 Å². The van der Waals surface area contributed by atoms with Gasteiger partial charge in [0, 0.05) is 23.0 Å². The number of aromatic nitrogens is 2. The number of nitrogens with one attached hydrogen (secondary N) is 1. The van der Waals surface area contributed by atoms with Crippen molar-refractivity contribution < 1.29 is 0 Å². The van der Waals surface area contributed by atoms with Crippen LogP contribution in [0.2, 0.25) is 5.02 Å². The zero-order chi connectivity index (χ0) is 17.6. The fraction of sp³-hybridized carbons (Fsp3) is 0.118. The summed E-state index contributed by atoms with van der Waals surface area (Å²) in [5.74, 6) is 0. The number of halogens is 1. The summed E-state index contributed by atoms with van der Waals surface area (Å²) in [5.41, 5.74) is 6.34. The molecule has 0 atom stereocenters. The van der Waals surface area contributed by atoms with Gasteiger partial charge in [0.25, 0.3) is 0 Å². The first-order valence-electron chi connectivity index (χ1n) is 7.47. The van der Waals surface area contributed by atoms with Crippen molar-refractivity contribution >= 4 is 44.5 Å². The fourth-order valence-electron chi connectivity index (χ4n) is 1.93. The van der Waals surface area contributed by atoms with E-state index in [0.29, 0.717) is 10.2 Å². The number of azo groups is 1. The average Bonchev–Trinajstić information content (AvgIpc) is 3.00. The van der Waals surface area contributed by atoms with Crippen molar-refractivity contribution in [3.8, 4) is 0 Å². The summed E-state index contributed by atoms with van der Waals surface area (Å²) in [6.07, 6.45) is 3.47. The molecule has 0 bridgehead atoms. The molecule has 3 aromatic rings. The predicted molar refractivity (Wildman–Crippen MR) is 103 cm³/mol. The van der Waals surface area contributed by atoms with Crippen molar-refractivity contribution in [1.29, 1.82) is 0 Å². The Balaban J connectivity index is 1.71. The minimum atomic E-state index is 0.663. The Labute approximate surface area is 154 Å². The topological polar surface area (TPSA) is 74.9 Å². The molecule has 6 nitrogen and oxygen atoms in total. The first-order valence-corrected chi connectivity index (χ1v) is 8.67. The standard InChI is InChI=1S/C17H15ClN6S/c1-11(13-7-9-19-10-8-13)21-24-17-20-12(2)16(25-17)23-22-15-5-3-14(18)4-6-15/h3-10H,1-2H3,(H,20,24)/b21-11+,23-22?. The summed E-state index contributed by atoms with van der Waals surface area (Å²) < 4.78 is 0. The van der Waals surface area contributed by atoms with Gasteiger partial charge in [-0.25, -0.2) is 4.98 Å². The number of benzene rings is 1. The van der Waals surface area contributed by atoms with Gasteiger partial charge in [0.2, 0.25) is 5.13 Å². The van der Waals surface area contributed by atoms with Crippen LogP contribution in [-0.2, 0) is 0 Å². The smallest absolute Gasteiger partial charge is 0.205 e. The molecule has 25 heavy (non-hydrogen) atoms. The molecule has 126 valence electrons. The van der Waals surface area contributed by atoms with Gasteiger partial charge < -0.3 is 0 Å². The van der Waals surface area contributed by atoms with E-state index in [1.807, 2.05) is 38.1 Å². The van der Waals surface area contributed by atoms with Crippen molar-refractivity contribution in [3.63, 3.8) is 0 Å². The van der Waals surface area contributed by atoms with Crippen LogP contribution in [0.15, 0.2) is 64.1 Å². The maximum atomic E-state index is 5.86. The van der Waals surface area contributed by atoms with Crippen LogP contribution >= 0.6 is 22.9 Å². The monoisotopic (exact) mass is 370 g/mol. The van der Waals surface area contributed by atoms with Gasteiger partial charge in [-0.3, -0.25) is 10.4 Å². The Morgan fingerprint density at radius 2 is 1.80 bits per heavy atom. The molecule has 3 rings (SSSR count). The largest absolute Gasteiger partial charge is 0.265 e. The van der Waals surface area contributed by atoms with Crippen LogP contribution in [0.4, 0.5) is 15.8 Å². The first kappa shape index (κ1) is 17.2. The molecule has 0 radical (unpaired) electrons. The lowest BCUT2D eigenvalue weighted by Gasteiger charge is -1.99. The summed E-state index contributed by atoms with van der Waals surface area (Å²) in [6, 6.07) is 11.0. The Bertz CT molecular complexity index is 903. The number of hydrogen-bond donors (Lipinski definition) is 1. The summed E-state index contributed by atoms with van der Waals surface area (Å²) in [5, 5.41) is 14.9. The number of pyridine rings is 1. The van der Waals surface area contributed by atoms with Crippen molar-refractivity contribution in [1.82, 2.24) is 9.97 Å². The van der Waals surface area contributed by atoms with Gasteiger partial charge >= 0.3 is 0 Å². The molecular weight excluding hydrogens is 356 g/mol. The molecule has 0 spiro atoms. The van der Waals surface area contributed by atoms with Crippen molar-refractivity contribution in [2.75, 3.05) is 5.43 Å². The van der Waals surface area contributed by atoms with Gasteiger partial charge in [-0.2, -0.15) is 5.10 Å². The van der Waals surface area contributed by atoms with Crippen LogP contribution in [0, 0.1) is 6.92 Å². The van der Waals surface area contributed by atoms with E-state index >= 15 is 0 Å². The van der Waals surface area contributed by atoms with Crippen LogP contribution in [0.25, 0.3) is 0 Å². The minimum Gasteiger partial charge on any atom is -0.265 e. The molecule has 2 aromatic heterocycles. The maximum Gasteiger partial charge on any atom is 0.205 e. The Morgan fingerprint density at radius 3 is 2.52 bits per heavy atom. The maximum absolute atomic E-state index is 5.86. The molecule has 0 aliphatic rings. The number of anilines is 1. The number of rotatable bonds is 5. The highest BCUT2D eigenvalue weighted by Crippen LogP contribution is 2.32. The third-order valence-corrected chi connectivity index (χ3v) is 4.47. The molecule has 2 heterocycles. The highest BCUT2D eigenvalue weighted by atomic mass is 35.5. The predicted octanol–water partition coefficient (Wildman–Crippen LogP) is 5.75. The molecule has 0 saturated carbocycles. The second kappa shape index (κ2) is 7.96. The lowest BCUT2D eigenvalue weighted by Crippen LogP contribution is -1.99. The van der Waals surface area contributed by atoms with Crippen molar-refractivity contribution in [2.24, 2.45) is 15.3 Å². The van der Waals surface area contributed by atoms with Crippen LogP contribution < -0.4 is 5.43 Å². The number of aryl methyl sites for hydroxylation is 1. The zero-order valence-electron chi connectivity index (χ0n) is 13.6. The molecule has 0 amide bonds. The van der Waals surface area contributed by atoms with Crippen LogP contribution in [-0.4, -0.2) is 15.7 Å². The second-order valence-electron chi connectivity index (χ2n) is 5.13. The fourth-order valence-corrected chi connectivity index (χ4v) is 2.79. The normalized spacial score (nSPS) is 11.9. The van der Waals surface area contributed by atoms with E-state index in [9.17, 15) is 0 Å². The second-order valence-corrected chi connectivity index (χ2v) is 6.54. The number of thiazole rings is 1. The van der Waals surface area contributed by atoms with E-state index in [0.717, 1.165) is 27.7 Å². The number of hydrazone groups is 1. The average molecular weight is 371 g/mol. The van der Waals surface area contributed by atoms with Crippen LogP contribution in [0.1, 0.15) is 18.2 Å². The van der Waals surface area contributed by atoms with E-state index in [1.165, 1.54) is 11.3 Å². The summed E-state index contributed by atoms with van der Waals surface area (Å²) in [6.45, 7) is 3.81. The van der Waals surface area contributed by atoms with Gasteiger partial charge in [-0.1, -0.05) is 22.9 Å². The molecule has 0 aliphatic heterocycles. The van der Waals surface area contributed by atoms with Crippen molar-refractivity contribution in [2.45, 2.75) is 13.8 Å². The summed E-state index contributed by atoms with van der Waals surface area (Å²) in [7, 11) is 0. The van der Waals surface area contributed by atoms with Gasteiger partial charge in [0.1, 0.15) is 0 Å². The Morgan fingerprint density at radius 1 is 1.08 bits per heavy atom. The molecule has 0 saturated heterocycles. The highest BCUT2D eigenvalue weighted by Gasteiger charge is 2.07. The number of nitrogens with zero attached hydrogens (tertiary/aromatic N) is 5. The molecule has 0 unspecified atom stereocenters. The molecule has 1 aromatic carbocycles. The van der Waals surface area contributed by atoms with Crippen LogP contribution in [0.5, 0.6) is 0 Å². The van der Waals surface area contributed by atoms with E-state index in [2.05, 4.69) is 30.7 Å². The molecular formula is C17H15ClN6S.